The molecule has 17 heavy (non-hydrogen) atoms. The van der Waals surface area contributed by atoms with Gasteiger partial charge in [0.15, 0.2) is 0 Å². The van der Waals surface area contributed by atoms with E-state index < -0.39 is 0 Å². The van der Waals surface area contributed by atoms with Crippen molar-refractivity contribution < 1.29 is 9.47 Å². The molecule has 0 aliphatic rings. The summed E-state index contributed by atoms with van der Waals surface area (Å²) in [7, 11) is 1.66. The lowest BCUT2D eigenvalue weighted by atomic mass is 10.3. The first-order valence-electron chi connectivity index (χ1n) is 5.66. The van der Waals surface area contributed by atoms with Crippen LogP contribution in [0.15, 0.2) is 24.3 Å². The second kappa shape index (κ2) is 8.54. The molecule has 0 bridgehead atoms. The lowest BCUT2D eigenvalue weighted by Gasteiger charge is -2.08. The molecule has 0 saturated heterocycles. The van der Waals surface area contributed by atoms with Crippen molar-refractivity contribution in [3.8, 4) is 11.5 Å². The maximum atomic E-state index is 5.73. The molecule has 0 heterocycles. The number of benzene rings is 1. The lowest BCUT2D eigenvalue weighted by Crippen LogP contribution is -2.04. The molecule has 4 heteroatoms. The molecular formula is C13H19ClO2S. The average Bonchev–Trinajstić information content (AvgIpc) is 2.38. The highest BCUT2D eigenvalue weighted by Gasteiger charge is 2.00. The van der Waals surface area contributed by atoms with E-state index in [0.29, 0.717) is 5.92 Å². The van der Waals surface area contributed by atoms with Crippen LogP contribution in [0.3, 0.4) is 0 Å². The molecule has 1 rings (SSSR count). The van der Waals surface area contributed by atoms with Crippen LogP contribution in [0, 0.1) is 5.92 Å². The predicted molar refractivity (Wildman–Crippen MR) is 75.7 cm³/mol. The summed E-state index contributed by atoms with van der Waals surface area (Å²) in [5, 5.41) is 0. The number of hydrogen-bond donors (Lipinski definition) is 0. The summed E-state index contributed by atoms with van der Waals surface area (Å²) in [6.07, 6.45) is 0. The highest BCUT2D eigenvalue weighted by Crippen LogP contribution is 2.17. The Morgan fingerprint density at radius 3 is 2.47 bits per heavy atom. The SMILES string of the molecule is COc1ccc(OCCSCC(C)CCl)cc1. The van der Waals surface area contributed by atoms with E-state index in [4.69, 9.17) is 21.1 Å². The van der Waals surface area contributed by atoms with E-state index in [-0.39, 0.29) is 0 Å². The fourth-order valence-electron chi connectivity index (χ4n) is 1.22. The quantitative estimate of drug-likeness (QED) is 0.532. The van der Waals surface area contributed by atoms with Gasteiger partial charge < -0.3 is 9.47 Å². The topological polar surface area (TPSA) is 18.5 Å². The molecule has 0 fully saturated rings. The number of methoxy groups -OCH3 is 1. The number of thioether (sulfide) groups is 1. The van der Waals surface area contributed by atoms with E-state index in [9.17, 15) is 0 Å². The summed E-state index contributed by atoms with van der Waals surface area (Å²) in [5.41, 5.74) is 0. The van der Waals surface area contributed by atoms with Gasteiger partial charge in [-0.25, -0.2) is 0 Å². The highest BCUT2D eigenvalue weighted by atomic mass is 35.5. The van der Waals surface area contributed by atoms with Gasteiger partial charge in [-0.1, -0.05) is 6.92 Å². The molecule has 2 nitrogen and oxygen atoms in total. The van der Waals surface area contributed by atoms with E-state index in [1.165, 1.54) is 0 Å². The van der Waals surface area contributed by atoms with Gasteiger partial charge >= 0.3 is 0 Å². The standard InChI is InChI=1S/C13H19ClO2S/c1-11(9-14)10-17-8-7-16-13-5-3-12(15-2)4-6-13/h3-6,11H,7-10H2,1-2H3. The first kappa shape index (κ1) is 14.5. The van der Waals surface area contributed by atoms with Crippen LogP contribution in [0.1, 0.15) is 6.92 Å². The normalized spacial score (nSPS) is 12.2. The number of hydrogen-bond acceptors (Lipinski definition) is 3. The van der Waals surface area contributed by atoms with Crippen molar-refractivity contribution in [2.24, 2.45) is 5.92 Å². The van der Waals surface area contributed by atoms with Gasteiger partial charge in [-0.2, -0.15) is 11.8 Å². The number of ether oxygens (including phenoxy) is 2. The summed E-state index contributed by atoms with van der Waals surface area (Å²) in [5.74, 6) is 5.12. The molecular weight excluding hydrogens is 256 g/mol. The van der Waals surface area contributed by atoms with Crippen LogP contribution in [-0.2, 0) is 0 Å². The Morgan fingerprint density at radius 1 is 1.24 bits per heavy atom. The van der Waals surface area contributed by atoms with E-state index in [1.54, 1.807) is 7.11 Å². The fourth-order valence-corrected chi connectivity index (χ4v) is 2.35. The van der Waals surface area contributed by atoms with E-state index in [0.717, 1.165) is 35.5 Å². The highest BCUT2D eigenvalue weighted by molar-refractivity contribution is 7.99. The van der Waals surface area contributed by atoms with Crippen LogP contribution in [0.4, 0.5) is 0 Å². The molecule has 0 N–H and O–H groups in total. The van der Waals surface area contributed by atoms with E-state index in [1.807, 2.05) is 36.0 Å². The molecule has 1 unspecified atom stereocenters. The number of rotatable bonds is 8. The average molecular weight is 275 g/mol. The summed E-state index contributed by atoms with van der Waals surface area (Å²) < 4.78 is 10.7. The third-order valence-electron chi connectivity index (χ3n) is 2.22. The Hall–Kier alpha value is -0.540. The van der Waals surface area contributed by atoms with Crippen LogP contribution >= 0.6 is 23.4 Å². The predicted octanol–water partition coefficient (Wildman–Crippen LogP) is 3.68. The second-order valence-corrected chi connectivity index (χ2v) is 5.32. The fraction of sp³-hybridized carbons (Fsp3) is 0.538. The number of halogens is 1. The van der Waals surface area contributed by atoms with Crippen LogP contribution < -0.4 is 9.47 Å². The van der Waals surface area contributed by atoms with E-state index >= 15 is 0 Å². The van der Waals surface area contributed by atoms with Crippen LogP contribution in [-0.4, -0.2) is 31.1 Å². The second-order valence-electron chi connectivity index (χ2n) is 3.86. The molecule has 1 aromatic carbocycles. The molecule has 0 spiro atoms. The van der Waals surface area contributed by atoms with Gasteiger partial charge in [0.2, 0.25) is 0 Å². The van der Waals surface area contributed by atoms with Gasteiger partial charge in [-0.15, -0.1) is 11.6 Å². The Balaban J connectivity index is 2.13. The summed E-state index contributed by atoms with van der Waals surface area (Å²) in [4.78, 5) is 0. The Bertz CT molecular complexity index is 303. The zero-order valence-corrected chi connectivity index (χ0v) is 11.9. The van der Waals surface area contributed by atoms with E-state index in [2.05, 4.69) is 6.92 Å². The molecule has 1 aromatic rings. The van der Waals surface area contributed by atoms with Crippen molar-refractivity contribution in [3.05, 3.63) is 24.3 Å². The molecule has 0 aliphatic heterocycles. The lowest BCUT2D eigenvalue weighted by molar-refractivity contribution is 0.342. The first-order chi connectivity index (χ1) is 8.26. The van der Waals surface area contributed by atoms with Gasteiger partial charge in [0.25, 0.3) is 0 Å². The molecule has 0 saturated carbocycles. The van der Waals surface area contributed by atoms with Crippen LogP contribution in [0.25, 0.3) is 0 Å². The summed E-state index contributed by atoms with van der Waals surface area (Å²) >= 11 is 7.61. The van der Waals surface area contributed by atoms with Crippen molar-refractivity contribution in [2.75, 3.05) is 31.1 Å². The van der Waals surface area contributed by atoms with Gasteiger partial charge in [0.1, 0.15) is 11.5 Å². The minimum absolute atomic E-state index is 0.572. The third-order valence-corrected chi connectivity index (χ3v) is 4.01. The third kappa shape index (κ3) is 6.08. The molecule has 0 amide bonds. The Morgan fingerprint density at radius 2 is 1.88 bits per heavy atom. The van der Waals surface area contributed by atoms with Crippen molar-refractivity contribution >= 4 is 23.4 Å². The smallest absolute Gasteiger partial charge is 0.119 e. The minimum Gasteiger partial charge on any atom is -0.497 e. The maximum Gasteiger partial charge on any atom is 0.119 e. The minimum atomic E-state index is 0.572. The van der Waals surface area contributed by atoms with Crippen LogP contribution in [0.5, 0.6) is 11.5 Å². The van der Waals surface area contributed by atoms with Crippen molar-refractivity contribution in [1.82, 2.24) is 0 Å². The molecule has 96 valence electrons. The molecule has 0 aromatic heterocycles. The van der Waals surface area contributed by atoms with Crippen LogP contribution in [0.2, 0.25) is 0 Å². The maximum absolute atomic E-state index is 5.73. The summed E-state index contributed by atoms with van der Waals surface area (Å²) in [6, 6.07) is 7.64. The van der Waals surface area contributed by atoms with Gasteiger partial charge in [0.05, 0.1) is 13.7 Å². The molecule has 1 atom stereocenters. The van der Waals surface area contributed by atoms with Crippen molar-refractivity contribution in [3.63, 3.8) is 0 Å². The Labute approximate surface area is 113 Å². The van der Waals surface area contributed by atoms with Crippen molar-refractivity contribution in [2.45, 2.75) is 6.92 Å². The zero-order valence-electron chi connectivity index (χ0n) is 10.3. The van der Waals surface area contributed by atoms with Gasteiger partial charge in [0, 0.05) is 11.6 Å². The van der Waals surface area contributed by atoms with Crippen molar-refractivity contribution in [1.29, 1.82) is 0 Å². The molecule has 0 radical (unpaired) electrons. The molecule has 0 aliphatic carbocycles. The van der Waals surface area contributed by atoms with Gasteiger partial charge in [-0.3, -0.25) is 0 Å². The largest absolute Gasteiger partial charge is 0.497 e. The summed E-state index contributed by atoms with van der Waals surface area (Å²) in [6.45, 7) is 2.89. The monoisotopic (exact) mass is 274 g/mol. The zero-order chi connectivity index (χ0) is 12.5. The van der Waals surface area contributed by atoms with Gasteiger partial charge in [-0.05, 0) is 35.9 Å². The first-order valence-corrected chi connectivity index (χ1v) is 7.35. The Kier molecular flexibility index (Phi) is 7.29. The number of alkyl halides is 1.